The molecule has 2 heterocycles. The van der Waals surface area contributed by atoms with Crippen LogP contribution in [0.4, 0.5) is 13.2 Å². The van der Waals surface area contributed by atoms with Crippen LogP contribution in [0.2, 0.25) is 0 Å². The Bertz CT molecular complexity index is 1430. The highest BCUT2D eigenvalue weighted by molar-refractivity contribution is 7.92. The molecule has 1 aromatic carbocycles. The molecule has 1 aromatic heterocycles. The molecule has 2 aromatic rings. The van der Waals surface area contributed by atoms with Crippen molar-refractivity contribution in [3.63, 3.8) is 0 Å². The van der Waals surface area contributed by atoms with Gasteiger partial charge < -0.3 is 14.8 Å². The van der Waals surface area contributed by atoms with Gasteiger partial charge in [-0.3, -0.25) is 9.78 Å². The van der Waals surface area contributed by atoms with Crippen LogP contribution in [0.5, 0.6) is 0 Å². The van der Waals surface area contributed by atoms with Crippen molar-refractivity contribution in [2.24, 2.45) is 5.92 Å². The van der Waals surface area contributed by atoms with E-state index in [1.807, 2.05) is 0 Å². The normalized spacial score (nSPS) is 24.8. The standard InChI is InChI=1S/C28H30F3N3O5S/c1-17-12-19(4-9-33-17)18-2-3-25(23(13-18)28(29,30)31)40(36,37)21-14-22(26(35)34-27(16-32)7-8-27)24(15-21)39-20-5-10-38-11-6-20/h2-4,9,12-13,20-22,24H,5-8,10-11,14-15H2,1H3,(H,34,35)/t21-,22-,24-/m0/s1. The molecule has 2 saturated carbocycles. The molecule has 8 nitrogen and oxygen atoms in total. The Morgan fingerprint density at radius 1 is 1.15 bits per heavy atom. The van der Waals surface area contributed by atoms with Gasteiger partial charge in [0.2, 0.25) is 5.91 Å². The second-order valence-corrected chi connectivity index (χ2v) is 13.0. The van der Waals surface area contributed by atoms with Gasteiger partial charge in [0.05, 0.1) is 39.9 Å². The van der Waals surface area contributed by atoms with Gasteiger partial charge in [-0.05, 0) is 80.8 Å². The molecule has 5 rings (SSSR count). The number of ether oxygens (including phenoxy) is 2. The van der Waals surface area contributed by atoms with E-state index in [0.29, 0.717) is 50.2 Å². The number of amides is 1. The number of pyridine rings is 1. The largest absolute Gasteiger partial charge is 0.417 e. The van der Waals surface area contributed by atoms with Gasteiger partial charge in [0.25, 0.3) is 0 Å². The highest BCUT2D eigenvalue weighted by Crippen LogP contribution is 2.43. The molecule has 3 aliphatic rings. The van der Waals surface area contributed by atoms with Crippen LogP contribution >= 0.6 is 0 Å². The van der Waals surface area contributed by atoms with E-state index >= 15 is 0 Å². The maximum Gasteiger partial charge on any atom is 0.417 e. The zero-order valence-corrected chi connectivity index (χ0v) is 22.7. The quantitative estimate of drug-likeness (QED) is 0.519. The molecule has 40 heavy (non-hydrogen) atoms. The number of alkyl halides is 3. The second-order valence-electron chi connectivity index (χ2n) is 10.8. The van der Waals surface area contributed by atoms with Crippen LogP contribution in [0.15, 0.2) is 41.4 Å². The number of halogens is 3. The van der Waals surface area contributed by atoms with E-state index in [4.69, 9.17) is 9.47 Å². The summed E-state index contributed by atoms with van der Waals surface area (Å²) in [5.74, 6) is -1.42. The molecule has 1 amide bonds. The molecule has 2 aliphatic carbocycles. The van der Waals surface area contributed by atoms with Crippen LogP contribution in [-0.2, 0) is 30.3 Å². The molecule has 1 aliphatic heterocycles. The Balaban J connectivity index is 1.46. The fourth-order valence-electron chi connectivity index (χ4n) is 5.50. The second kappa shape index (κ2) is 10.8. The summed E-state index contributed by atoms with van der Waals surface area (Å²) >= 11 is 0. The average Bonchev–Trinajstić information content (AvgIpc) is 3.56. The number of nitrogens with one attached hydrogen (secondary N) is 1. The van der Waals surface area contributed by atoms with E-state index in [1.54, 1.807) is 19.1 Å². The third kappa shape index (κ3) is 5.87. The van der Waals surface area contributed by atoms with Gasteiger partial charge in [-0.2, -0.15) is 18.4 Å². The van der Waals surface area contributed by atoms with Crippen molar-refractivity contribution in [2.75, 3.05) is 13.2 Å². The monoisotopic (exact) mass is 577 g/mol. The molecule has 0 radical (unpaired) electrons. The number of carbonyl (C=O) groups excluding carboxylic acids is 1. The summed E-state index contributed by atoms with van der Waals surface area (Å²) in [5, 5.41) is 10.9. The predicted molar refractivity (Wildman–Crippen MR) is 138 cm³/mol. The predicted octanol–water partition coefficient (Wildman–Crippen LogP) is 4.36. The maximum absolute atomic E-state index is 14.3. The number of nitriles is 1. The van der Waals surface area contributed by atoms with Crippen molar-refractivity contribution in [3.8, 4) is 17.2 Å². The first-order chi connectivity index (χ1) is 18.9. The van der Waals surface area contributed by atoms with Gasteiger partial charge in [0.15, 0.2) is 9.84 Å². The molecule has 3 atom stereocenters. The highest BCUT2D eigenvalue weighted by atomic mass is 32.2. The number of benzene rings is 1. The molecule has 0 unspecified atom stereocenters. The lowest BCUT2D eigenvalue weighted by molar-refractivity contribution is -0.140. The van der Waals surface area contributed by atoms with Crippen LogP contribution in [-0.4, -0.2) is 55.5 Å². The van der Waals surface area contributed by atoms with E-state index in [2.05, 4.69) is 16.4 Å². The van der Waals surface area contributed by atoms with E-state index in [1.165, 1.54) is 12.3 Å². The van der Waals surface area contributed by atoms with E-state index in [0.717, 1.165) is 12.1 Å². The minimum atomic E-state index is -4.93. The van der Waals surface area contributed by atoms with E-state index < -0.39 is 55.2 Å². The van der Waals surface area contributed by atoms with Crippen molar-refractivity contribution >= 4 is 15.7 Å². The topological polar surface area (TPSA) is 118 Å². The first-order valence-corrected chi connectivity index (χ1v) is 14.8. The Kier molecular flexibility index (Phi) is 7.67. The summed E-state index contributed by atoms with van der Waals surface area (Å²) in [6, 6.07) is 8.46. The molecule has 3 fully saturated rings. The smallest absolute Gasteiger partial charge is 0.381 e. The van der Waals surface area contributed by atoms with Crippen LogP contribution < -0.4 is 5.32 Å². The number of hydrogen-bond acceptors (Lipinski definition) is 7. The molecule has 0 spiro atoms. The molecule has 0 bridgehead atoms. The Morgan fingerprint density at radius 2 is 1.85 bits per heavy atom. The summed E-state index contributed by atoms with van der Waals surface area (Å²) in [6.45, 7) is 2.64. The van der Waals surface area contributed by atoms with Crippen LogP contribution in [0.1, 0.15) is 49.8 Å². The van der Waals surface area contributed by atoms with Gasteiger partial charge in [-0.15, -0.1) is 0 Å². The Morgan fingerprint density at radius 3 is 2.48 bits per heavy atom. The number of rotatable bonds is 7. The number of hydrogen-bond donors (Lipinski definition) is 1. The van der Waals surface area contributed by atoms with Crippen LogP contribution in [0.3, 0.4) is 0 Å². The van der Waals surface area contributed by atoms with Crippen LogP contribution in [0, 0.1) is 24.2 Å². The van der Waals surface area contributed by atoms with E-state index in [-0.39, 0.29) is 24.5 Å². The number of aryl methyl sites for hydroxylation is 1. The van der Waals surface area contributed by atoms with Crippen molar-refractivity contribution < 1.29 is 35.9 Å². The molecule has 12 heteroatoms. The van der Waals surface area contributed by atoms with Crippen LogP contribution in [0.25, 0.3) is 11.1 Å². The third-order valence-electron chi connectivity index (χ3n) is 7.92. The summed E-state index contributed by atoms with van der Waals surface area (Å²) in [7, 11) is -4.52. The number of nitrogens with zero attached hydrogens (tertiary/aromatic N) is 2. The highest BCUT2D eigenvalue weighted by Gasteiger charge is 2.51. The van der Waals surface area contributed by atoms with Crippen molar-refractivity contribution in [1.29, 1.82) is 5.26 Å². The number of carbonyl (C=O) groups is 1. The average molecular weight is 578 g/mol. The molecule has 1 saturated heterocycles. The molecular formula is C28H30F3N3O5S. The van der Waals surface area contributed by atoms with Crippen molar-refractivity contribution in [1.82, 2.24) is 10.3 Å². The number of sulfone groups is 1. The molecule has 1 N–H and O–H groups in total. The van der Waals surface area contributed by atoms with Crippen molar-refractivity contribution in [3.05, 3.63) is 47.8 Å². The summed E-state index contributed by atoms with van der Waals surface area (Å²) in [6.07, 6.45) is -2.73. The Hall–Kier alpha value is -3.01. The fraction of sp³-hybridized carbons (Fsp3) is 0.536. The van der Waals surface area contributed by atoms with Gasteiger partial charge >= 0.3 is 6.18 Å². The van der Waals surface area contributed by atoms with Crippen molar-refractivity contribution in [2.45, 2.75) is 79.5 Å². The van der Waals surface area contributed by atoms with E-state index in [9.17, 15) is 31.6 Å². The summed E-state index contributed by atoms with van der Waals surface area (Å²) < 4.78 is 81.9. The zero-order chi connectivity index (χ0) is 28.7. The lowest BCUT2D eigenvalue weighted by Gasteiger charge is -2.28. The first-order valence-electron chi connectivity index (χ1n) is 13.3. The number of aromatic nitrogens is 1. The SMILES string of the molecule is Cc1cc(-c2ccc(S(=O)(=O)[C@@H]3C[C@H](OC4CCOCC4)[C@@H](C(=O)NC4(C#N)CC4)C3)c(C(F)(F)F)c2)ccn1. The fourth-order valence-corrected chi connectivity index (χ4v) is 7.50. The lowest BCUT2D eigenvalue weighted by Crippen LogP contribution is -2.43. The lowest BCUT2D eigenvalue weighted by atomic mass is 10.0. The first kappa shape index (κ1) is 28.5. The summed E-state index contributed by atoms with van der Waals surface area (Å²) in [4.78, 5) is 16.5. The summed E-state index contributed by atoms with van der Waals surface area (Å²) in [5.41, 5.74) is -0.918. The van der Waals surface area contributed by atoms with Gasteiger partial charge in [-0.25, -0.2) is 8.42 Å². The molecule has 214 valence electrons. The Labute approximate surface area is 230 Å². The third-order valence-corrected chi connectivity index (χ3v) is 10.2. The molecular weight excluding hydrogens is 547 g/mol. The minimum absolute atomic E-state index is 0.125. The minimum Gasteiger partial charge on any atom is -0.381 e. The van der Waals surface area contributed by atoms with Gasteiger partial charge in [0, 0.05) is 25.1 Å². The zero-order valence-electron chi connectivity index (χ0n) is 21.9. The van der Waals surface area contributed by atoms with Gasteiger partial charge in [-0.1, -0.05) is 6.07 Å². The maximum atomic E-state index is 14.3. The van der Waals surface area contributed by atoms with Gasteiger partial charge in [0.1, 0.15) is 5.54 Å².